The van der Waals surface area contributed by atoms with E-state index in [2.05, 4.69) is 17.3 Å². The first-order valence-corrected chi connectivity index (χ1v) is 9.11. The van der Waals surface area contributed by atoms with Gasteiger partial charge in [-0.15, -0.1) is 0 Å². The topological polar surface area (TPSA) is 46.9 Å². The summed E-state index contributed by atoms with van der Waals surface area (Å²) in [6.45, 7) is 4.13. The number of nitrogens with zero attached hydrogens (tertiary/aromatic N) is 2. The standard InChI is InChI=1S/C20H27N3O/c1-3-4-9-16-10-8-13-19(16)21-20(24)18-14-23(22-15(18)2)17-11-6-5-7-12-17/h5-7,11-12,14,16,19H,3-4,8-10,13H2,1-2H3,(H,21,24). The average molecular weight is 325 g/mol. The third kappa shape index (κ3) is 3.69. The molecule has 1 aromatic heterocycles. The van der Waals surface area contributed by atoms with Crippen LogP contribution >= 0.6 is 0 Å². The van der Waals surface area contributed by atoms with Crippen molar-refractivity contribution in [2.24, 2.45) is 5.92 Å². The Hall–Kier alpha value is -2.10. The highest BCUT2D eigenvalue weighted by atomic mass is 16.1. The number of amides is 1. The summed E-state index contributed by atoms with van der Waals surface area (Å²) in [5, 5.41) is 7.77. The van der Waals surface area contributed by atoms with Crippen molar-refractivity contribution in [1.82, 2.24) is 15.1 Å². The molecule has 2 aromatic rings. The van der Waals surface area contributed by atoms with Crippen LogP contribution < -0.4 is 5.32 Å². The Bertz CT molecular complexity index is 677. The third-order valence-corrected chi connectivity index (χ3v) is 5.07. The van der Waals surface area contributed by atoms with Crippen LogP contribution in [-0.2, 0) is 0 Å². The van der Waals surface area contributed by atoms with E-state index in [1.54, 1.807) is 4.68 Å². The van der Waals surface area contributed by atoms with Crippen LogP contribution in [0.2, 0.25) is 0 Å². The van der Waals surface area contributed by atoms with Gasteiger partial charge in [-0.3, -0.25) is 4.79 Å². The molecule has 1 aliphatic carbocycles. The van der Waals surface area contributed by atoms with Crippen LogP contribution in [0.3, 0.4) is 0 Å². The van der Waals surface area contributed by atoms with E-state index in [0.717, 1.165) is 17.8 Å². The molecule has 0 aliphatic heterocycles. The van der Waals surface area contributed by atoms with Gasteiger partial charge in [-0.2, -0.15) is 5.10 Å². The molecule has 0 spiro atoms. The first kappa shape index (κ1) is 16.7. The number of rotatable bonds is 6. The van der Waals surface area contributed by atoms with Crippen LogP contribution in [0.1, 0.15) is 61.5 Å². The van der Waals surface area contributed by atoms with Gasteiger partial charge < -0.3 is 5.32 Å². The van der Waals surface area contributed by atoms with Crippen LogP contribution in [0.4, 0.5) is 0 Å². The number of unbranched alkanes of at least 4 members (excludes halogenated alkanes) is 1. The highest BCUT2D eigenvalue weighted by Crippen LogP contribution is 2.30. The Morgan fingerprint density at radius 2 is 2.08 bits per heavy atom. The molecule has 128 valence electrons. The van der Waals surface area contributed by atoms with E-state index in [0.29, 0.717) is 17.5 Å². The van der Waals surface area contributed by atoms with E-state index in [1.807, 2.05) is 43.5 Å². The van der Waals surface area contributed by atoms with Gasteiger partial charge in [0, 0.05) is 12.2 Å². The second kappa shape index (κ2) is 7.65. The van der Waals surface area contributed by atoms with Crippen molar-refractivity contribution in [3.8, 4) is 5.69 Å². The molecule has 0 radical (unpaired) electrons. The zero-order chi connectivity index (χ0) is 16.9. The third-order valence-electron chi connectivity index (χ3n) is 5.07. The smallest absolute Gasteiger partial charge is 0.254 e. The SMILES string of the molecule is CCCCC1CCCC1NC(=O)c1cn(-c2ccccc2)nc1C. The Morgan fingerprint density at radius 1 is 1.29 bits per heavy atom. The van der Waals surface area contributed by atoms with Gasteiger partial charge in [0.1, 0.15) is 0 Å². The quantitative estimate of drug-likeness (QED) is 0.862. The number of aryl methyl sites for hydroxylation is 1. The second-order valence-electron chi connectivity index (χ2n) is 6.82. The first-order valence-electron chi connectivity index (χ1n) is 9.11. The highest BCUT2D eigenvalue weighted by Gasteiger charge is 2.29. The minimum Gasteiger partial charge on any atom is -0.349 e. The fourth-order valence-corrected chi connectivity index (χ4v) is 3.68. The molecule has 24 heavy (non-hydrogen) atoms. The van der Waals surface area contributed by atoms with E-state index in [-0.39, 0.29) is 5.91 Å². The van der Waals surface area contributed by atoms with E-state index >= 15 is 0 Å². The van der Waals surface area contributed by atoms with Crippen molar-refractivity contribution in [3.63, 3.8) is 0 Å². The Kier molecular flexibility index (Phi) is 5.34. The van der Waals surface area contributed by atoms with E-state index in [4.69, 9.17) is 0 Å². The summed E-state index contributed by atoms with van der Waals surface area (Å²) < 4.78 is 1.79. The summed E-state index contributed by atoms with van der Waals surface area (Å²) in [6.07, 6.45) is 9.11. The molecule has 1 aromatic carbocycles. The molecule has 2 atom stereocenters. The molecule has 1 aliphatic rings. The molecule has 1 fully saturated rings. The fraction of sp³-hybridized carbons (Fsp3) is 0.500. The van der Waals surface area contributed by atoms with Gasteiger partial charge in [0.25, 0.3) is 5.91 Å². The number of hydrogen-bond acceptors (Lipinski definition) is 2. The average Bonchev–Trinajstić information content (AvgIpc) is 3.20. The van der Waals surface area contributed by atoms with Crippen LogP contribution in [-0.4, -0.2) is 21.7 Å². The summed E-state index contributed by atoms with van der Waals surface area (Å²) in [5.74, 6) is 0.654. The molecule has 4 heteroatoms. The Balaban J connectivity index is 1.70. The van der Waals surface area contributed by atoms with Crippen LogP contribution in [0.5, 0.6) is 0 Å². The molecule has 1 amide bonds. The number of nitrogens with one attached hydrogen (secondary N) is 1. The van der Waals surface area contributed by atoms with Gasteiger partial charge in [-0.25, -0.2) is 4.68 Å². The van der Waals surface area contributed by atoms with Gasteiger partial charge in [0.05, 0.1) is 16.9 Å². The van der Waals surface area contributed by atoms with E-state index in [1.165, 1.54) is 32.1 Å². The molecule has 1 saturated carbocycles. The number of hydrogen-bond donors (Lipinski definition) is 1. The summed E-state index contributed by atoms with van der Waals surface area (Å²) in [4.78, 5) is 12.7. The predicted octanol–water partition coefficient (Wildman–Crippen LogP) is 4.27. The lowest BCUT2D eigenvalue weighted by atomic mass is 9.96. The van der Waals surface area contributed by atoms with Crippen LogP contribution in [0.15, 0.2) is 36.5 Å². The van der Waals surface area contributed by atoms with Gasteiger partial charge in [-0.1, -0.05) is 44.4 Å². The Labute approximate surface area is 144 Å². The number of aromatic nitrogens is 2. The van der Waals surface area contributed by atoms with Crippen LogP contribution in [0.25, 0.3) is 5.69 Å². The van der Waals surface area contributed by atoms with Crippen molar-refractivity contribution < 1.29 is 4.79 Å². The van der Waals surface area contributed by atoms with Gasteiger partial charge in [-0.05, 0) is 44.2 Å². The second-order valence-corrected chi connectivity index (χ2v) is 6.82. The minimum atomic E-state index is 0.0167. The highest BCUT2D eigenvalue weighted by molar-refractivity contribution is 5.95. The largest absolute Gasteiger partial charge is 0.349 e. The summed E-state index contributed by atoms with van der Waals surface area (Å²) in [6, 6.07) is 10.2. The molecule has 4 nitrogen and oxygen atoms in total. The van der Waals surface area contributed by atoms with E-state index in [9.17, 15) is 4.79 Å². The summed E-state index contributed by atoms with van der Waals surface area (Å²) >= 11 is 0. The lowest BCUT2D eigenvalue weighted by Gasteiger charge is -2.20. The van der Waals surface area contributed by atoms with Crippen molar-refractivity contribution >= 4 is 5.91 Å². The number of benzene rings is 1. The number of carbonyl (C=O) groups excluding carboxylic acids is 1. The molecular formula is C20H27N3O. The maximum Gasteiger partial charge on any atom is 0.254 e. The molecule has 2 unspecified atom stereocenters. The van der Waals surface area contributed by atoms with Crippen LogP contribution in [0, 0.1) is 12.8 Å². The fourth-order valence-electron chi connectivity index (χ4n) is 3.68. The monoisotopic (exact) mass is 325 g/mol. The van der Waals surface area contributed by atoms with Gasteiger partial charge in [0.15, 0.2) is 0 Å². The van der Waals surface area contributed by atoms with Crippen molar-refractivity contribution in [3.05, 3.63) is 47.8 Å². The molecule has 0 saturated heterocycles. The van der Waals surface area contributed by atoms with Crippen molar-refractivity contribution in [2.45, 2.75) is 58.4 Å². The first-order chi connectivity index (χ1) is 11.7. The number of carbonyl (C=O) groups is 1. The maximum absolute atomic E-state index is 12.7. The van der Waals surface area contributed by atoms with Crippen molar-refractivity contribution in [2.75, 3.05) is 0 Å². The van der Waals surface area contributed by atoms with Crippen molar-refractivity contribution in [1.29, 1.82) is 0 Å². The molecule has 0 bridgehead atoms. The molecule has 3 rings (SSSR count). The van der Waals surface area contributed by atoms with Gasteiger partial charge >= 0.3 is 0 Å². The van der Waals surface area contributed by atoms with E-state index < -0.39 is 0 Å². The molecular weight excluding hydrogens is 298 g/mol. The normalized spacial score (nSPS) is 20.2. The predicted molar refractivity (Wildman–Crippen MR) is 96.4 cm³/mol. The maximum atomic E-state index is 12.7. The molecule has 1 N–H and O–H groups in total. The lowest BCUT2D eigenvalue weighted by Crippen LogP contribution is -2.37. The summed E-state index contributed by atoms with van der Waals surface area (Å²) in [5.41, 5.74) is 2.43. The lowest BCUT2D eigenvalue weighted by molar-refractivity contribution is 0.0926. The Morgan fingerprint density at radius 3 is 2.83 bits per heavy atom. The molecule has 1 heterocycles. The van der Waals surface area contributed by atoms with Gasteiger partial charge in [0.2, 0.25) is 0 Å². The minimum absolute atomic E-state index is 0.0167. The number of para-hydroxylation sites is 1. The zero-order valence-corrected chi connectivity index (χ0v) is 14.7. The zero-order valence-electron chi connectivity index (χ0n) is 14.7. The summed E-state index contributed by atoms with van der Waals surface area (Å²) in [7, 11) is 0.